The lowest BCUT2D eigenvalue weighted by atomic mass is 10.0. The number of pyridine rings is 1. The normalized spacial score (nSPS) is 13.9. The molecule has 88 valence electrons. The Morgan fingerprint density at radius 2 is 2.31 bits per heavy atom. The summed E-state index contributed by atoms with van der Waals surface area (Å²) in [7, 11) is 0. The molecule has 0 aromatic carbocycles. The highest BCUT2D eigenvalue weighted by Crippen LogP contribution is 2.12. The van der Waals surface area contributed by atoms with Crippen LogP contribution >= 0.6 is 0 Å². The van der Waals surface area contributed by atoms with Crippen LogP contribution < -0.4 is 5.32 Å². The van der Waals surface area contributed by atoms with Crippen molar-refractivity contribution in [2.75, 3.05) is 6.54 Å². The first kappa shape index (κ1) is 12.9. The fraction of sp³-hybridized carbons (Fsp3) is 0.500. The van der Waals surface area contributed by atoms with Gasteiger partial charge < -0.3 is 5.32 Å². The second-order valence-electron chi connectivity index (χ2n) is 4.30. The molecule has 1 aromatic rings. The van der Waals surface area contributed by atoms with E-state index < -0.39 is 0 Å². The Hall–Kier alpha value is -1.15. The molecule has 1 heterocycles. The second-order valence-corrected chi connectivity index (χ2v) is 4.30. The lowest BCUT2D eigenvalue weighted by Crippen LogP contribution is -2.27. The summed E-state index contributed by atoms with van der Waals surface area (Å²) in [4.78, 5) is 4.16. The van der Waals surface area contributed by atoms with E-state index in [-0.39, 0.29) is 0 Å². The van der Waals surface area contributed by atoms with Crippen molar-refractivity contribution in [1.29, 1.82) is 0 Å². The minimum Gasteiger partial charge on any atom is -0.311 e. The first-order valence-electron chi connectivity index (χ1n) is 5.97. The van der Waals surface area contributed by atoms with E-state index in [9.17, 15) is 0 Å². The van der Waals surface area contributed by atoms with Crippen LogP contribution in [-0.2, 0) is 0 Å². The summed E-state index contributed by atoms with van der Waals surface area (Å²) in [5, 5.41) is 3.48. The topological polar surface area (TPSA) is 24.9 Å². The maximum Gasteiger partial charge on any atom is 0.0342 e. The van der Waals surface area contributed by atoms with E-state index in [0.717, 1.165) is 6.54 Å². The third kappa shape index (κ3) is 3.78. The molecule has 0 aliphatic rings. The third-order valence-electron chi connectivity index (χ3n) is 2.85. The van der Waals surface area contributed by atoms with Crippen LogP contribution in [0.2, 0.25) is 0 Å². The Morgan fingerprint density at radius 1 is 1.56 bits per heavy atom. The molecule has 2 heteroatoms. The Kier molecular flexibility index (Phi) is 5.20. The number of hydrogen-bond donors (Lipinski definition) is 1. The molecule has 0 amide bonds. The van der Waals surface area contributed by atoms with Crippen molar-refractivity contribution in [2.24, 2.45) is 0 Å². The fourth-order valence-corrected chi connectivity index (χ4v) is 1.52. The van der Waals surface area contributed by atoms with Gasteiger partial charge in [0.25, 0.3) is 0 Å². The Labute approximate surface area is 98.8 Å². The van der Waals surface area contributed by atoms with Crippen LogP contribution in [0, 0.1) is 6.92 Å². The van der Waals surface area contributed by atoms with Crippen molar-refractivity contribution in [3.05, 3.63) is 35.2 Å². The number of nitrogens with zero attached hydrogens (tertiary/aromatic N) is 1. The Balaban J connectivity index is 2.72. The van der Waals surface area contributed by atoms with Crippen molar-refractivity contribution in [3.8, 4) is 0 Å². The zero-order chi connectivity index (χ0) is 12.0. The highest BCUT2D eigenvalue weighted by Gasteiger charge is 2.03. The van der Waals surface area contributed by atoms with Crippen LogP contribution in [0.1, 0.15) is 38.3 Å². The molecule has 1 aromatic heterocycles. The largest absolute Gasteiger partial charge is 0.311 e. The second kappa shape index (κ2) is 6.44. The molecule has 2 nitrogen and oxygen atoms in total. The van der Waals surface area contributed by atoms with Gasteiger partial charge in [-0.15, -0.1) is 0 Å². The maximum atomic E-state index is 4.16. The summed E-state index contributed by atoms with van der Waals surface area (Å²) in [6, 6.07) is 2.48. The third-order valence-corrected chi connectivity index (χ3v) is 2.85. The molecule has 1 N–H and O–H groups in total. The Bertz CT molecular complexity index is 356. The SMILES string of the molecule is CCCNC(C)/C(C)=C/c1cnccc1C. The van der Waals surface area contributed by atoms with Crippen LogP contribution in [0.25, 0.3) is 6.08 Å². The molecule has 0 bridgehead atoms. The van der Waals surface area contributed by atoms with Crippen molar-refractivity contribution in [1.82, 2.24) is 10.3 Å². The van der Waals surface area contributed by atoms with Crippen LogP contribution in [0.4, 0.5) is 0 Å². The van der Waals surface area contributed by atoms with Gasteiger partial charge in [0.15, 0.2) is 0 Å². The van der Waals surface area contributed by atoms with Gasteiger partial charge in [-0.3, -0.25) is 4.98 Å². The average molecular weight is 218 g/mol. The van der Waals surface area contributed by atoms with Crippen molar-refractivity contribution >= 4 is 6.08 Å². The van der Waals surface area contributed by atoms with E-state index in [0.29, 0.717) is 6.04 Å². The minimum absolute atomic E-state index is 0.430. The van der Waals surface area contributed by atoms with Gasteiger partial charge in [-0.1, -0.05) is 18.6 Å². The minimum atomic E-state index is 0.430. The maximum absolute atomic E-state index is 4.16. The van der Waals surface area contributed by atoms with Gasteiger partial charge in [0.05, 0.1) is 0 Å². The monoisotopic (exact) mass is 218 g/mol. The van der Waals surface area contributed by atoms with E-state index in [4.69, 9.17) is 0 Å². The van der Waals surface area contributed by atoms with E-state index in [1.165, 1.54) is 23.1 Å². The summed E-state index contributed by atoms with van der Waals surface area (Å²) in [6.45, 7) is 9.74. The van der Waals surface area contributed by atoms with E-state index >= 15 is 0 Å². The van der Waals surface area contributed by atoms with Gasteiger partial charge in [-0.2, -0.15) is 0 Å². The number of aryl methyl sites for hydroxylation is 1. The lowest BCUT2D eigenvalue weighted by Gasteiger charge is -2.14. The standard InChI is InChI=1S/C14H22N2/c1-5-7-16-13(4)12(3)9-14-10-15-8-6-11(14)2/h6,8-10,13,16H,5,7H2,1-4H3/b12-9+. The predicted molar refractivity (Wildman–Crippen MR) is 70.4 cm³/mol. The summed E-state index contributed by atoms with van der Waals surface area (Å²) >= 11 is 0. The van der Waals surface area contributed by atoms with E-state index in [2.05, 4.69) is 44.1 Å². The molecule has 0 saturated heterocycles. The molecule has 1 rings (SSSR count). The molecule has 0 saturated carbocycles. The van der Waals surface area contributed by atoms with Crippen LogP contribution in [-0.4, -0.2) is 17.6 Å². The smallest absolute Gasteiger partial charge is 0.0342 e. The molecular formula is C14H22N2. The highest BCUT2D eigenvalue weighted by atomic mass is 14.9. The van der Waals surface area contributed by atoms with Crippen molar-refractivity contribution in [3.63, 3.8) is 0 Å². The van der Waals surface area contributed by atoms with Crippen LogP contribution in [0.15, 0.2) is 24.0 Å². The number of rotatable bonds is 5. The van der Waals surface area contributed by atoms with Crippen LogP contribution in [0.5, 0.6) is 0 Å². The van der Waals surface area contributed by atoms with Crippen molar-refractivity contribution in [2.45, 2.75) is 40.2 Å². The predicted octanol–water partition coefficient (Wildman–Crippen LogP) is 3.18. The lowest BCUT2D eigenvalue weighted by molar-refractivity contribution is 0.604. The first-order valence-corrected chi connectivity index (χ1v) is 5.97. The quantitative estimate of drug-likeness (QED) is 0.821. The Morgan fingerprint density at radius 3 is 2.94 bits per heavy atom. The van der Waals surface area contributed by atoms with Crippen LogP contribution in [0.3, 0.4) is 0 Å². The number of hydrogen-bond acceptors (Lipinski definition) is 2. The molecule has 0 aliphatic heterocycles. The van der Waals surface area contributed by atoms with E-state index in [1.54, 1.807) is 0 Å². The highest BCUT2D eigenvalue weighted by molar-refractivity contribution is 5.55. The molecule has 16 heavy (non-hydrogen) atoms. The van der Waals surface area contributed by atoms with Gasteiger partial charge in [-0.05, 0) is 50.9 Å². The van der Waals surface area contributed by atoms with Gasteiger partial charge >= 0.3 is 0 Å². The molecule has 1 unspecified atom stereocenters. The van der Waals surface area contributed by atoms with Crippen molar-refractivity contribution < 1.29 is 0 Å². The zero-order valence-electron chi connectivity index (χ0n) is 10.7. The van der Waals surface area contributed by atoms with Gasteiger partial charge in [-0.25, -0.2) is 0 Å². The van der Waals surface area contributed by atoms with Gasteiger partial charge in [0, 0.05) is 18.4 Å². The number of nitrogens with one attached hydrogen (secondary N) is 1. The molecule has 1 atom stereocenters. The summed E-state index contributed by atoms with van der Waals surface area (Å²) in [5.74, 6) is 0. The van der Waals surface area contributed by atoms with E-state index in [1.807, 2.05) is 18.5 Å². The first-order chi connectivity index (χ1) is 7.65. The zero-order valence-corrected chi connectivity index (χ0v) is 10.7. The molecule has 0 aliphatic carbocycles. The molecule has 0 spiro atoms. The molecular weight excluding hydrogens is 196 g/mol. The summed E-state index contributed by atoms with van der Waals surface area (Å²) in [5.41, 5.74) is 3.84. The molecule has 0 fully saturated rings. The molecule has 0 radical (unpaired) electrons. The van der Waals surface area contributed by atoms with Gasteiger partial charge in [0.1, 0.15) is 0 Å². The number of aromatic nitrogens is 1. The summed E-state index contributed by atoms with van der Waals surface area (Å²) in [6.07, 6.45) is 7.14. The average Bonchev–Trinajstić information content (AvgIpc) is 2.28. The van der Waals surface area contributed by atoms with Gasteiger partial charge in [0.2, 0.25) is 0 Å². The summed E-state index contributed by atoms with van der Waals surface area (Å²) < 4.78 is 0. The fourth-order valence-electron chi connectivity index (χ4n) is 1.52.